The minimum absolute atomic E-state index is 0. The molecule has 2 aliphatic carbocycles. The first kappa shape index (κ1) is 7.36. The highest BCUT2D eigenvalue weighted by molar-refractivity contribution is 4.91. The fourth-order valence-corrected chi connectivity index (χ4v) is 2.29. The van der Waals surface area contributed by atoms with Crippen molar-refractivity contribution in [2.45, 2.75) is 31.7 Å². The lowest BCUT2D eigenvalue weighted by molar-refractivity contribution is -0.00000188. The molecule has 54 valence electrons. The molecule has 0 aliphatic heterocycles. The second-order valence-corrected chi connectivity index (χ2v) is 3.34. The third-order valence-corrected chi connectivity index (χ3v) is 2.79. The number of fused-ring (bicyclic) bond motifs is 2. The molecule has 2 fully saturated rings. The van der Waals surface area contributed by atoms with Gasteiger partial charge >= 0.3 is 0 Å². The van der Waals surface area contributed by atoms with Crippen molar-refractivity contribution in [3.05, 3.63) is 0 Å². The summed E-state index contributed by atoms with van der Waals surface area (Å²) in [7, 11) is 0. The van der Waals surface area contributed by atoms with Gasteiger partial charge in [-0.1, -0.05) is 6.42 Å². The quantitative estimate of drug-likeness (QED) is 0.426. The Morgan fingerprint density at radius 2 is 1.89 bits per heavy atom. The molecule has 0 aromatic rings. The lowest BCUT2D eigenvalue weighted by Gasteiger charge is -2.15. The highest BCUT2D eigenvalue weighted by Gasteiger charge is 2.36. The highest BCUT2D eigenvalue weighted by Crippen LogP contribution is 2.43. The smallest absolute Gasteiger partial charge is 0.00699 e. The Morgan fingerprint density at radius 1 is 1.11 bits per heavy atom. The zero-order valence-corrected chi connectivity index (χ0v) is 6.27. The van der Waals surface area contributed by atoms with Crippen LogP contribution in [0.15, 0.2) is 0 Å². The van der Waals surface area contributed by atoms with Gasteiger partial charge in [-0.05, 0) is 31.1 Å². The van der Waals surface area contributed by atoms with E-state index in [1.807, 2.05) is 0 Å². The first-order chi connectivity index (χ1) is 3.86. The van der Waals surface area contributed by atoms with Crippen molar-refractivity contribution < 1.29 is 12.4 Å². The van der Waals surface area contributed by atoms with Crippen molar-refractivity contribution in [2.24, 2.45) is 17.6 Å². The van der Waals surface area contributed by atoms with Crippen LogP contribution >= 0.6 is 0 Å². The third-order valence-electron chi connectivity index (χ3n) is 2.79. The summed E-state index contributed by atoms with van der Waals surface area (Å²) in [6, 6.07) is 0.578. The van der Waals surface area contributed by atoms with Gasteiger partial charge in [0.25, 0.3) is 0 Å². The van der Waals surface area contributed by atoms with Crippen molar-refractivity contribution in [1.29, 1.82) is 0 Å². The van der Waals surface area contributed by atoms with Crippen molar-refractivity contribution >= 4 is 0 Å². The first-order valence-corrected chi connectivity index (χ1v) is 3.62. The number of rotatable bonds is 0. The van der Waals surface area contributed by atoms with Gasteiger partial charge in [-0.15, -0.1) is 0 Å². The fraction of sp³-hybridized carbons (Fsp3) is 1.00. The van der Waals surface area contributed by atoms with Crippen LogP contribution in [0.4, 0.5) is 0 Å². The largest absolute Gasteiger partial charge is 1.00 e. The van der Waals surface area contributed by atoms with E-state index < -0.39 is 0 Å². The Morgan fingerprint density at radius 3 is 2.11 bits per heavy atom. The second-order valence-electron chi connectivity index (χ2n) is 3.34. The van der Waals surface area contributed by atoms with Crippen LogP contribution in [0.25, 0.3) is 0 Å². The van der Waals surface area contributed by atoms with Gasteiger partial charge in [0.2, 0.25) is 0 Å². The van der Waals surface area contributed by atoms with Crippen molar-refractivity contribution in [3.63, 3.8) is 0 Å². The molecule has 0 amide bonds. The maximum atomic E-state index is 5.82. The first-order valence-electron chi connectivity index (χ1n) is 3.62. The van der Waals surface area contributed by atoms with Gasteiger partial charge in [0.15, 0.2) is 0 Å². The maximum absolute atomic E-state index is 5.82. The zero-order valence-electron chi connectivity index (χ0n) is 5.52. The lowest BCUT2D eigenvalue weighted by Crippen LogP contribution is -3.00. The monoisotopic (exact) mass is 146 g/mol. The molecule has 0 aromatic carbocycles. The van der Waals surface area contributed by atoms with Crippen LogP contribution in [0.2, 0.25) is 0 Å². The molecule has 0 spiro atoms. The summed E-state index contributed by atoms with van der Waals surface area (Å²) in [4.78, 5) is 0. The number of nitrogens with two attached hydrogens (primary N) is 1. The molecule has 3 atom stereocenters. The van der Waals surface area contributed by atoms with Crippen LogP contribution in [0.3, 0.4) is 0 Å². The summed E-state index contributed by atoms with van der Waals surface area (Å²) in [6.07, 6.45) is 5.66. The number of hydrogen-bond donors (Lipinski definition) is 1. The van der Waals surface area contributed by atoms with E-state index >= 15 is 0 Å². The molecule has 2 saturated carbocycles. The average Bonchev–Trinajstić information content (AvgIpc) is 2.23. The van der Waals surface area contributed by atoms with Crippen molar-refractivity contribution in [2.75, 3.05) is 0 Å². The molecule has 0 heterocycles. The van der Waals surface area contributed by atoms with Gasteiger partial charge in [-0.25, -0.2) is 0 Å². The van der Waals surface area contributed by atoms with Crippen LogP contribution < -0.4 is 18.1 Å². The molecule has 0 saturated heterocycles. The van der Waals surface area contributed by atoms with Gasteiger partial charge in [0, 0.05) is 6.04 Å². The van der Waals surface area contributed by atoms with Gasteiger partial charge in [0.05, 0.1) is 0 Å². The molecule has 2 N–H and O–H groups in total. The Bertz CT molecular complexity index is 103. The Balaban J connectivity index is 0.000000405. The normalized spacial score (nSPS) is 47.0. The Labute approximate surface area is 62.4 Å². The number of halogens is 1. The molecular weight excluding hydrogens is 134 g/mol. The molecule has 9 heavy (non-hydrogen) atoms. The summed E-state index contributed by atoms with van der Waals surface area (Å²) >= 11 is 0. The Kier molecular flexibility index (Phi) is 2.02. The molecule has 3 unspecified atom stereocenters. The van der Waals surface area contributed by atoms with E-state index in [1.54, 1.807) is 0 Å². The molecular formula is C7H13ClN-. The van der Waals surface area contributed by atoms with Gasteiger partial charge in [-0.3, -0.25) is 0 Å². The second kappa shape index (κ2) is 2.47. The standard InChI is InChI=1S/C7H13N.ClH/c8-7-4-5-1-2-6(7)3-5;/h5-7H,1-4,8H2;1H/p-1. The molecule has 1 nitrogen and oxygen atoms in total. The molecule has 2 aliphatic rings. The van der Waals surface area contributed by atoms with Crippen LogP contribution in [-0.2, 0) is 0 Å². The third kappa shape index (κ3) is 1.08. The summed E-state index contributed by atoms with van der Waals surface area (Å²) < 4.78 is 0. The topological polar surface area (TPSA) is 26.0 Å². The summed E-state index contributed by atoms with van der Waals surface area (Å²) in [5.74, 6) is 1.94. The van der Waals surface area contributed by atoms with Crippen LogP contribution in [0.1, 0.15) is 25.7 Å². The molecule has 2 bridgehead atoms. The molecule has 0 radical (unpaired) electrons. The SMILES string of the molecule is NC1CC2CCC1C2.[Cl-]. The van der Waals surface area contributed by atoms with Crippen LogP contribution in [0.5, 0.6) is 0 Å². The van der Waals surface area contributed by atoms with E-state index in [0.29, 0.717) is 6.04 Å². The van der Waals surface area contributed by atoms with Crippen molar-refractivity contribution in [3.8, 4) is 0 Å². The van der Waals surface area contributed by atoms with E-state index in [2.05, 4.69) is 0 Å². The lowest BCUT2D eigenvalue weighted by atomic mass is 9.96. The van der Waals surface area contributed by atoms with Crippen LogP contribution in [-0.4, -0.2) is 6.04 Å². The van der Waals surface area contributed by atoms with E-state index in [1.165, 1.54) is 25.7 Å². The van der Waals surface area contributed by atoms with Crippen LogP contribution in [0, 0.1) is 11.8 Å². The predicted molar refractivity (Wildman–Crippen MR) is 33.4 cm³/mol. The van der Waals surface area contributed by atoms with E-state index in [-0.39, 0.29) is 12.4 Å². The predicted octanol–water partition coefficient (Wildman–Crippen LogP) is -1.86. The molecule has 2 heteroatoms. The Hall–Kier alpha value is 0.250. The van der Waals surface area contributed by atoms with Gasteiger partial charge < -0.3 is 18.1 Å². The summed E-state index contributed by atoms with van der Waals surface area (Å²) in [6.45, 7) is 0. The highest BCUT2D eigenvalue weighted by atomic mass is 35.5. The fourth-order valence-electron chi connectivity index (χ4n) is 2.29. The van der Waals surface area contributed by atoms with Crippen molar-refractivity contribution in [1.82, 2.24) is 0 Å². The van der Waals surface area contributed by atoms with Gasteiger partial charge in [-0.2, -0.15) is 0 Å². The number of hydrogen-bond acceptors (Lipinski definition) is 1. The molecule has 2 rings (SSSR count). The maximum Gasteiger partial charge on any atom is 0.00699 e. The van der Waals surface area contributed by atoms with Gasteiger partial charge in [0.1, 0.15) is 0 Å². The summed E-state index contributed by atoms with van der Waals surface area (Å²) in [5.41, 5.74) is 5.82. The van der Waals surface area contributed by atoms with E-state index in [4.69, 9.17) is 5.73 Å². The average molecular weight is 147 g/mol. The zero-order chi connectivity index (χ0) is 5.56. The minimum atomic E-state index is 0. The summed E-state index contributed by atoms with van der Waals surface area (Å²) in [5, 5.41) is 0. The van der Waals surface area contributed by atoms with E-state index in [9.17, 15) is 0 Å². The van der Waals surface area contributed by atoms with E-state index in [0.717, 1.165) is 11.8 Å². The minimum Gasteiger partial charge on any atom is -1.00 e. The molecule has 0 aromatic heterocycles.